The van der Waals surface area contributed by atoms with Crippen LogP contribution >= 0.6 is 0 Å². The van der Waals surface area contributed by atoms with Gasteiger partial charge in [0, 0.05) is 12.8 Å². The van der Waals surface area contributed by atoms with E-state index in [-0.39, 0.29) is 0 Å². The van der Waals surface area contributed by atoms with Crippen molar-refractivity contribution in [3.05, 3.63) is 0 Å². The summed E-state index contributed by atoms with van der Waals surface area (Å²) in [6.45, 7) is 8.96. The van der Waals surface area contributed by atoms with Crippen molar-refractivity contribution in [1.82, 2.24) is 0 Å². The standard InChI is InChI=1S/C14H28O/c1-5-7-8-14(15)10-9-13(4)11-12(3)6-2/h12-13H,5-11H2,1-4H3. The van der Waals surface area contributed by atoms with Gasteiger partial charge in [0.2, 0.25) is 0 Å². The van der Waals surface area contributed by atoms with Gasteiger partial charge in [0.15, 0.2) is 0 Å². The monoisotopic (exact) mass is 212 g/mol. The molecule has 0 aromatic heterocycles. The van der Waals surface area contributed by atoms with E-state index in [2.05, 4.69) is 27.7 Å². The second-order valence-electron chi connectivity index (χ2n) is 5.04. The molecule has 0 aliphatic rings. The first-order valence-corrected chi connectivity index (χ1v) is 6.61. The molecule has 2 atom stereocenters. The number of rotatable bonds is 9. The van der Waals surface area contributed by atoms with E-state index >= 15 is 0 Å². The highest BCUT2D eigenvalue weighted by atomic mass is 16.1. The summed E-state index contributed by atoms with van der Waals surface area (Å²) in [5.74, 6) is 1.99. The van der Waals surface area contributed by atoms with E-state index in [0.717, 1.165) is 38.0 Å². The van der Waals surface area contributed by atoms with Crippen molar-refractivity contribution in [2.24, 2.45) is 11.8 Å². The molecule has 0 aliphatic carbocycles. The Hall–Kier alpha value is -0.330. The number of unbranched alkanes of at least 4 members (excludes halogenated alkanes) is 1. The summed E-state index contributed by atoms with van der Waals surface area (Å²) >= 11 is 0. The number of Topliss-reactive ketones (excluding diaryl/α,β-unsaturated/α-hetero) is 1. The number of hydrogen-bond acceptors (Lipinski definition) is 1. The first-order valence-electron chi connectivity index (χ1n) is 6.61. The van der Waals surface area contributed by atoms with Crippen molar-refractivity contribution in [2.75, 3.05) is 0 Å². The Bertz CT molecular complexity index is 163. The van der Waals surface area contributed by atoms with Gasteiger partial charge in [-0.15, -0.1) is 0 Å². The Morgan fingerprint density at radius 1 is 1.07 bits per heavy atom. The van der Waals surface area contributed by atoms with Crippen molar-refractivity contribution in [1.29, 1.82) is 0 Å². The van der Waals surface area contributed by atoms with Crippen LogP contribution in [0.2, 0.25) is 0 Å². The molecule has 0 bridgehead atoms. The van der Waals surface area contributed by atoms with Crippen LogP contribution in [0.3, 0.4) is 0 Å². The third kappa shape index (κ3) is 8.65. The summed E-state index contributed by atoms with van der Waals surface area (Å²) in [6.07, 6.45) is 7.43. The third-order valence-electron chi connectivity index (χ3n) is 3.23. The fourth-order valence-corrected chi connectivity index (χ4v) is 1.88. The predicted octanol–water partition coefficient (Wildman–Crippen LogP) is 4.60. The lowest BCUT2D eigenvalue weighted by Gasteiger charge is -2.15. The molecular formula is C14H28O. The molecule has 0 amide bonds. The molecule has 0 saturated carbocycles. The molecule has 15 heavy (non-hydrogen) atoms. The fourth-order valence-electron chi connectivity index (χ4n) is 1.88. The van der Waals surface area contributed by atoms with Gasteiger partial charge in [-0.05, 0) is 31.1 Å². The Labute approximate surface area is 95.6 Å². The van der Waals surface area contributed by atoms with E-state index in [9.17, 15) is 4.79 Å². The van der Waals surface area contributed by atoms with E-state index in [1.54, 1.807) is 0 Å². The lowest BCUT2D eigenvalue weighted by atomic mass is 9.91. The average Bonchev–Trinajstić information content (AvgIpc) is 2.23. The fraction of sp³-hybridized carbons (Fsp3) is 0.929. The Kier molecular flexibility index (Phi) is 8.74. The number of carbonyl (C=O) groups is 1. The molecule has 0 fully saturated rings. The van der Waals surface area contributed by atoms with E-state index in [0.29, 0.717) is 11.7 Å². The quantitative estimate of drug-likeness (QED) is 0.546. The Morgan fingerprint density at radius 2 is 1.73 bits per heavy atom. The molecule has 0 heterocycles. The Balaban J connectivity index is 3.52. The highest BCUT2D eigenvalue weighted by Gasteiger charge is 2.09. The van der Waals surface area contributed by atoms with Crippen LogP contribution in [0.25, 0.3) is 0 Å². The van der Waals surface area contributed by atoms with Gasteiger partial charge in [-0.25, -0.2) is 0 Å². The maximum atomic E-state index is 11.5. The number of hydrogen-bond donors (Lipinski definition) is 0. The van der Waals surface area contributed by atoms with Crippen molar-refractivity contribution in [3.8, 4) is 0 Å². The second kappa shape index (κ2) is 8.94. The normalized spacial score (nSPS) is 14.9. The topological polar surface area (TPSA) is 17.1 Å². The SMILES string of the molecule is CCCCC(=O)CCC(C)CC(C)CC. The van der Waals surface area contributed by atoms with Crippen LogP contribution in [-0.4, -0.2) is 5.78 Å². The van der Waals surface area contributed by atoms with Gasteiger partial charge in [-0.2, -0.15) is 0 Å². The van der Waals surface area contributed by atoms with Crippen LogP contribution in [0.4, 0.5) is 0 Å². The van der Waals surface area contributed by atoms with Crippen molar-refractivity contribution in [2.45, 2.75) is 72.6 Å². The molecule has 0 aromatic carbocycles. The minimum atomic E-state index is 0.466. The van der Waals surface area contributed by atoms with Crippen molar-refractivity contribution < 1.29 is 4.79 Å². The van der Waals surface area contributed by atoms with E-state index in [1.807, 2.05) is 0 Å². The van der Waals surface area contributed by atoms with Gasteiger partial charge in [-0.3, -0.25) is 4.79 Å². The molecule has 0 radical (unpaired) electrons. The molecule has 0 aromatic rings. The first kappa shape index (κ1) is 14.7. The van der Waals surface area contributed by atoms with Gasteiger partial charge in [0.1, 0.15) is 5.78 Å². The predicted molar refractivity (Wildman–Crippen MR) is 67.0 cm³/mol. The summed E-state index contributed by atoms with van der Waals surface area (Å²) < 4.78 is 0. The molecule has 1 nitrogen and oxygen atoms in total. The van der Waals surface area contributed by atoms with Crippen molar-refractivity contribution >= 4 is 5.78 Å². The smallest absolute Gasteiger partial charge is 0.132 e. The maximum absolute atomic E-state index is 11.5. The van der Waals surface area contributed by atoms with Crippen LogP contribution in [0.5, 0.6) is 0 Å². The zero-order chi connectivity index (χ0) is 11.7. The summed E-state index contributed by atoms with van der Waals surface area (Å²) in [6, 6.07) is 0. The second-order valence-corrected chi connectivity index (χ2v) is 5.04. The van der Waals surface area contributed by atoms with E-state index in [1.165, 1.54) is 12.8 Å². The summed E-state index contributed by atoms with van der Waals surface area (Å²) in [7, 11) is 0. The minimum Gasteiger partial charge on any atom is -0.300 e. The molecule has 0 rings (SSSR count). The molecule has 0 aliphatic heterocycles. The third-order valence-corrected chi connectivity index (χ3v) is 3.23. The molecule has 2 unspecified atom stereocenters. The van der Waals surface area contributed by atoms with Crippen molar-refractivity contribution in [3.63, 3.8) is 0 Å². The number of carbonyl (C=O) groups excluding carboxylic acids is 1. The highest BCUT2D eigenvalue weighted by molar-refractivity contribution is 5.78. The lowest BCUT2D eigenvalue weighted by molar-refractivity contribution is -0.119. The van der Waals surface area contributed by atoms with Gasteiger partial charge >= 0.3 is 0 Å². The summed E-state index contributed by atoms with van der Waals surface area (Å²) in [4.78, 5) is 11.5. The molecule has 0 N–H and O–H groups in total. The van der Waals surface area contributed by atoms with Crippen LogP contribution in [-0.2, 0) is 4.79 Å². The van der Waals surface area contributed by atoms with Crippen LogP contribution in [0.1, 0.15) is 72.6 Å². The minimum absolute atomic E-state index is 0.466. The van der Waals surface area contributed by atoms with Crippen LogP contribution in [0.15, 0.2) is 0 Å². The summed E-state index contributed by atoms with van der Waals surface area (Å²) in [5, 5.41) is 0. The lowest BCUT2D eigenvalue weighted by Crippen LogP contribution is -2.06. The summed E-state index contributed by atoms with van der Waals surface area (Å²) in [5.41, 5.74) is 0. The average molecular weight is 212 g/mol. The zero-order valence-corrected chi connectivity index (χ0v) is 11.0. The van der Waals surface area contributed by atoms with Crippen LogP contribution in [0, 0.1) is 11.8 Å². The first-order chi connectivity index (χ1) is 7.10. The van der Waals surface area contributed by atoms with Gasteiger partial charge in [-0.1, -0.05) is 40.5 Å². The van der Waals surface area contributed by atoms with Gasteiger partial charge < -0.3 is 0 Å². The van der Waals surface area contributed by atoms with E-state index < -0.39 is 0 Å². The van der Waals surface area contributed by atoms with Gasteiger partial charge in [0.25, 0.3) is 0 Å². The van der Waals surface area contributed by atoms with Crippen LogP contribution < -0.4 is 0 Å². The molecular weight excluding hydrogens is 184 g/mol. The highest BCUT2D eigenvalue weighted by Crippen LogP contribution is 2.19. The molecule has 0 spiro atoms. The molecule has 90 valence electrons. The zero-order valence-electron chi connectivity index (χ0n) is 11.0. The molecule has 0 saturated heterocycles. The number of ketones is 1. The van der Waals surface area contributed by atoms with E-state index in [4.69, 9.17) is 0 Å². The maximum Gasteiger partial charge on any atom is 0.132 e. The largest absolute Gasteiger partial charge is 0.300 e. The molecule has 1 heteroatoms. The Morgan fingerprint density at radius 3 is 2.27 bits per heavy atom. The van der Waals surface area contributed by atoms with Gasteiger partial charge in [0.05, 0.1) is 0 Å².